The second-order valence-electron chi connectivity index (χ2n) is 5.28. The van der Waals surface area contributed by atoms with Gasteiger partial charge >= 0.3 is 0 Å². The fourth-order valence-electron chi connectivity index (χ4n) is 2.73. The van der Waals surface area contributed by atoms with Crippen LogP contribution in [0.25, 0.3) is 11.4 Å². The predicted molar refractivity (Wildman–Crippen MR) is 76.8 cm³/mol. The number of H-pyrrole nitrogens is 1. The summed E-state index contributed by atoms with van der Waals surface area (Å²) < 4.78 is 0. The summed E-state index contributed by atoms with van der Waals surface area (Å²) in [5.74, 6) is 0.273. The lowest BCUT2D eigenvalue weighted by Gasteiger charge is -2.18. The van der Waals surface area contributed by atoms with Crippen LogP contribution in [0.5, 0.6) is 0 Å². The molecule has 0 aromatic carbocycles. The quantitative estimate of drug-likeness (QED) is 0.854. The first-order chi connectivity index (χ1) is 9.49. The highest BCUT2D eigenvalue weighted by atomic mass is 16.1. The van der Waals surface area contributed by atoms with Crippen molar-refractivity contribution in [1.29, 1.82) is 0 Å². The first-order valence-corrected chi connectivity index (χ1v) is 6.54. The summed E-state index contributed by atoms with van der Waals surface area (Å²) in [5, 5.41) is 0. The van der Waals surface area contributed by atoms with Crippen LogP contribution in [-0.4, -0.2) is 35.0 Å². The number of nitrogens with two attached hydrogens (primary N) is 1. The van der Waals surface area contributed by atoms with Gasteiger partial charge in [0.05, 0.1) is 17.0 Å². The third-order valence-electron chi connectivity index (χ3n) is 3.67. The van der Waals surface area contributed by atoms with Gasteiger partial charge in [-0.1, -0.05) is 0 Å². The van der Waals surface area contributed by atoms with Gasteiger partial charge in [0, 0.05) is 26.0 Å². The molecule has 1 aliphatic rings. The van der Waals surface area contributed by atoms with Crippen LogP contribution in [0.15, 0.2) is 6.20 Å². The highest BCUT2D eigenvalue weighted by Gasteiger charge is 2.26. The fourth-order valence-corrected chi connectivity index (χ4v) is 2.73. The number of aryl methyl sites for hydroxylation is 2. The van der Waals surface area contributed by atoms with E-state index < -0.39 is 0 Å². The summed E-state index contributed by atoms with van der Waals surface area (Å²) >= 11 is 0. The Kier molecular flexibility index (Phi) is 2.74. The molecular weight excluding hydrogens is 254 g/mol. The van der Waals surface area contributed by atoms with Crippen LogP contribution in [0, 0.1) is 6.92 Å². The normalized spacial score (nSPS) is 12.8. The van der Waals surface area contributed by atoms with E-state index in [-0.39, 0.29) is 5.91 Å². The molecule has 0 spiro atoms. The van der Waals surface area contributed by atoms with Crippen molar-refractivity contribution in [2.75, 3.05) is 19.0 Å². The Hall–Kier alpha value is -2.37. The molecule has 0 saturated carbocycles. The maximum absolute atomic E-state index is 11.6. The topological polar surface area (TPSA) is 87.9 Å². The molecule has 2 aromatic rings. The molecule has 3 N–H and O–H groups in total. The van der Waals surface area contributed by atoms with Crippen molar-refractivity contribution in [3.63, 3.8) is 0 Å². The van der Waals surface area contributed by atoms with Crippen molar-refractivity contribution in [1.82, 2.24) is 15.0 Å². The number of hydrogen-bond acceptors (Lipinski definition) is 4. The van der Waals surface area contributed by atoms with Crippen LogP contribution in [0.3, 0.4) is 0 Å². The number of primary amides is 1. The molecule has 0 bridgehead atoms. The Morgan fingerprint density at radius 2 is 2.15 bits per heavy atom. The number of nitrogens with zero attached hydrogens (tertiary/aromatic N) is 3. The second-order valence-corrected chi connectivity index (χ2v) is 5.28. The molecule has 20 heavy (non-hydrogen) atoms. The predicted octanol–water partition coefficient (Wildman–Crippen LogP) is 1.04. The number of carbonyl (C=O) groups excluding carboxylic acids is 1. The van der Waals surface area contributed by atoms with E-state index in [4.69, 9.17) is 5.73 Å². The van der Waals surface area contributed by atoms with Crippen molar-refractivity contribution >= 4 is 11.9 Å². The molecule has 104 valence electrons. The summed E-state index contributed by atoms with van der Waals surface area (Å²) in [6.07, 6.45) is 3.48. The minimum Gasteiger partial charge on any atom is -0.366 e. The van der Waals surface area contributed by atoms with E-state index in [9.17, 15) is 4.79 Å². The van der Waals surface area contributed by atoms with Crippen LogP contribution < -0.4 is 10.6 Å². The van der Waals surface area contributed by atoms with Crippen molar-refractivity contribution < 1.29 is 4.79 Å². The van der Waals surface area contributed by atoms with E-state index in [2.05, 4.69) is 15.0 Å². The molecule has 3 rings (SSSR count). The molecule has 0 saturated heterocycles. The number of amides is 1. The maximum atomic E-state index is 11.6. The highest BCUT2D eigenvalue weighted by Crippen LogP contribution is 2.35. The summed E-state index contributed by atoms with van der Waals surface area (Å²) in [6, 6.07) is 0. The van der Waals surface area contributed by atoms with Gasteiger partial charge in [0.15, 0.2) is 0 Å². The molecule has 0 aliphatic heterocycles. The van der Waals surface area contributed by atoms with Gasteiger partial charge in [0.2, 0.25) is 5.95 Å². The van der Waals surface area contributed by atoms with E-state index in [1.807, 2.05) is 32.1 Å². The minimum absolute atomic E-state index is 0.384. The highest BCUT2D eigenvalue weighted by molar-refractivity contribution is 5.98. The molecule has 0 atom stereocenters. The van der Waals surface area contributed by atoms with Gasteiger partial charge in [-0.2, -0.15) is 0 Å². The molecule has 6 heteroatoms. The van der Waals surface area contributed by atoms with Gasteiger partial charge in [-0.3, -0.25) is 4.79 Å². The van der Waals surface area contributed by atoms with Crippen LogP contribution >= 0.6 is 0 Å². The third-order valence-corrected chi connectivity index (χ3v) is 3.67. The average Bonchev–Trinajstić information content (AvgIpc) is 2.74. The zero-order valence-electron chi connectivity index (χ0n) is 11.8. The lowest BCUT2D eigenvalue weighted by Crippen LogP contribution is -2.17. The number of nitrogens with one attached hydrogen (secondary N) is 1. The summed E-state index contributed by atoms with van der Waals surface area (Å²) in [4.78, 5) is 25.7. The zero-order chi connectivity index (χ0) is 14.4. The van der Waals surface area contributed by atoms with Gasteiger partial charge in [-0.05, 0) is 30.9 Å². The Labute approximate surface area is 117 Å². The van der Waals surface area contributed by atoms with E-state index in [1.54, 1.807) is 0 Å². The first kappa shape index (κ1) is 12.7. The van der Waals surface area contributed by atoms with E-state index in [0.29, 0.717) is 11.5 Å². The number of carbonyl (C=O) groups is 1. The summed E-state index contributed by atoms with van der Waals surface area (Å²) in [6.45, 7) is 1.87. The maximum Gasteiger partial charge on any atom is 0.250 e. The number of anilines is 1. The Morgan fingerprint density at radius 1 is 1.40 bits per heavy atom. The van der Waals surface area contributed by atoms with Crippen molar-refractivity contribution in [2.24, 2.45) is 5.73 Å². The van der Waals surface area contributed by atoms with E-state index in [0.717, 1.165) is 41.1 Å². The van der Waals surface area contributed by atoms with Crippen LogP contribution in [-0.2, 0) is 12.8 Å². The van der Waals surface area contributed by atoms with Gasteiger partial charge in [-0.25, -0.2) is 9.97 Å². The average molecular weight is 271 g/mol. The van der Waals surface area contributed by atoms with Crippen LogP contribution in [0.2, 0.25) is 0 Å². The van der Waals surface area contributed by atoms with Crippen molar-refractivity contribution in [3.8, 4) is 11.4 Å². The molecule has 2 heterocycles. The molecular formula is C14H17N5O. The number of rotatable bonds is 2. The molecule has 0 radical (unpaired) electrons. The standard InChI is InChI=1S/C14H17N5O/c1-7-10(13(15)20)9-5-4-8-6-16-14(19(2)3)18-11(8)12(9)17-7/h6,17H,4-5H2,1-3H3,(H2,15,20). The van der Waals surface area contributed by atoms with E-state index in [1.165, 1.54) is 0 Å². The Balaban J connectivity index is 2.22. The lowest BCUT2D eigenvalue weighted by molar-refractivity contribution is 0.0999. The lowest BCUT2D eigenvalue weighted by atomic mass is 9.92. The summed E-state index contributed by atoms with van der Waals surface area (Å²) in [7, 11) is 3.81. The van der Waals surface area contributed by atoms with Crippen molar-refractivity contribution in [2.45, 2.75) is 19.8 Å². The molecule has 1 amide bonds. The monoisotopic (exact) mass is 271 g/mol. The Morgan fingerprint density at radius 3 is 2.80 bits per heavy atom. The van der Waals surface area contributed by atoms with E-state index >= 15 is 0 Å². The number of fused-ring (bicyclic) bond motifs is 3. The van der Waals surface area contributed by atoms with Crippen molar-refractivity contribution in [3.05, 3.63) is 28.6 Å². The van der Waals surface area contributed by atoms with Gasteiger partial charge in [0.1, 0.15) is 0 Å². The van der Waals surface area contributed by atoms with Crippen LogP contribution in [0.1, 0.15) is 27.2 Å². The summed E-state index contributed by atoms with van der Waals surface area (Å²) in [5.41, 5.74) is 10.8. The largest absolute Gasteiger partial charge is 0.366 e. The molecule has 2 aromatic heterocycles. The number of hydrogen-bond donors (Lipinski definition) is 2. The number of aromatic amines is 1. The fraction of sp³-hybridized carbons (Fsp3) is 0.357. The van der Waals surface area contributed by atoms with Gasteiger partial charge in [-0.15, -0.1) is 0 Å². The minimum atomic E-state index is -0.384. The smallest absolute Gasteiger partial charge is 0.250 e. The Bertz CT molecular complexity index is 702. The van der Waals surface area contributed by atoms with Gasteiger partial charge in [0.25, 0.3) is 5.91 Å². The third kappa shape index (κ3) is 1.76. The molecule has 6 nitrogen and oxygen atoms in total. The second kappa shape index (κ2) is 4.33. The molecule has 1 aliphatic carbocycles. The molecule has 0 unspecified atom stereocenters. The van der Waals surface area contributed by atoms with Gasteiger partial charge < -0.3 is 15.6 Å². The SMILES string of the molecule is Cc1[nH]c2c(c1C(N)=O)CCc1cnc(N(C)C)nc1-2. The zero-order valence-corrected chi connectivity index (χ0v) is 11.8. The first-order valence-electron chi connectivity index (χ1n) is 6.54. The molecule has 0 fully saturated rings. The number of aromatic nitrogens is 3. The van der Waals surface area contributed by atoms with Crippen LogP contribution in [0.4, 0.5) is 5.95 Å².